The number of carbonyl (C=O) groups is 2. The van der Waals surface area contributed by atoms with Crippen molar-refractivity contribution in [3.8, 4) is 5.75 Å². The number of rotatable bonds is 5. The minimum atomic E-state index is -1.38. The van der Waals surface area contributed by atoms with Crippen molar-refractivity contribution in [1.82, 2.24) is 0 Å². The van der Waals surface area contributed by atoms with Gasteiger partial charge in [0.1, 0.15) is 17.1 Å². The number of aliphatic carboxylic acids is 1. The second kappa shape index (κ2) is 6.05. The molecule has 1 aromatic carbocycles. The van der Waals surface area contributed by atoms with Crippen LogP contribution in [0.25, 0.3) is 0 Å². The summed E-state index contributed by atoms with van der Waals surface area (Å²) in [6, 6.07) is 6.91. The second-order valence-electron chi connectivity index (χ2n) is 5.01. The summed E-state index contributed by atoms with van der Waals surface area (Å²) in [5, 5.41) is 15.1. The van der Waals surface area contributed by atoms with Gasteiger partial charge in [0.2, 0.25) is 0 Å². The van der Waals surface area contributed by atoms with Crippen molar-refractivity contribution in [3.63, 3.8) is 0 Å². The van der Waals surface area contributed by atoms with Gasteiger partial charge in [0, 0.05) is 6.42 Å². The Bertz CT molecular complexity index is 628. The minimum absolute atomic E-state index is 0.0424. The maximum absolute atomic E-state index is 11.9. The summed E-state index contributed by atoms with van der Waals surface area (Å²) >= 11 is 0. The number of hydrazone groups is 1. The Hall–Kier alpha value is -2.57. The zero-order valence-electron chi connectivity index (χ0n) is 12.7. The zero-order valence-corrected chi connectivity index (χ0v) is 12.7. The number of para-hydroxylation sites is 2. The van der Waals surface area contributed by atoms with Crippen LogP contribution in [0.5, 0.6) is 5.75 Å². The molecule has 0 bridgehead atoms. The molecule has 1 atom stereocenters. The van der Waals surface area contributed by atoms with Crippen LogP contribution in [0.3, 0.4) is 0 Å². The van der Waals surface area contributed by atoms with Crippen LogP contribution >= 0.6 is 0 Å². The number of benzene rings is 1. The number of carboxylic acid groups (broad SMARTS) is 1. The highest BCUT2D eigenvalue weighted by Crippen LogP contribution is 2.38. The molecule has 0 aromatic heterocycles. The van der Waals surface area contributed by atoms with E-state index in [1.165, 1.54) is 19.0 Å². The number of hydrogen-bond donors (Lipinski definition) is 1. The fourth-order valence-corrected chi connectivity index (χ4v) is 2.29. The van der Waals surface area contributed by atoms with Crippen molar-refractivity contribution >= 4 is 23.3 Å². The molecule has 2 rings (SSSR count). The molecule has 7 heteroatoms. The van der Waals surface area contributed by atoms with E-state index in [0.717, 1.165) is 0 Å². The van der Waals surface area contributed by atoms with E-state index in [0.29, 0.717) is 11.4 Å². The molecule has 1 aliphatic heterocycles. The largest absolute Gasteiger partial charge is 0.495 e. The normalized spacial score (nSPS) is 20.5. The summed E-state index contributed by atoms with van der Waals surface area (Å²) in [7, 11) is 1.49. The summed E-state index contributed by atoms with van der Waals surface area (Å²) in [5.74, 6) is -1.21. The highest BCUT2D eigenvalue weighted by atomic mass is 16.5. The van der Waals surface area contributed by atoms with Crippen LogP contribution in [0.15, 0.2) is 29.4 Å². The minimum Gasteiger partial charge on any atom is -0.495 e. The van der Waals surface area contributed by atoms with Crippen molar-refractivity contribution in [2.24, 2.45) is 5.10 Å². The predicted molar refractivity (Wildman–Crippen MR) is 80.2 cm³/mol. The number of ether oxygens (including phenoxy) is 2. The lowest BCUT2D eigenvalue weighted by molar-refractivity contribution is -0.142. The van der Waals surface area contributed by atoms with Crippen molar-refractivity contribution in [2.45, 2.75) is 25.8 Å². The van der Waals surface area contributed by atoms with Crippen LogP contribution in [-0.2, 0) is 14.3 Å². The number of anilines is 1. The summed E-state index contributed by atoms with van der Waals surface area (Å²) < 4.78 is 10.2. The monoisotopic (exact) mass is 306 g/mol. The quantitative estimate of drug-likeness (QED) is 0.832. The number of carboxylic acids is 1. The van der Waals surface area contributed by atoms with Gasteiger partial charge in [-0.25, -0.2) is 14.6 Å². The van der Waals surface area contributed by atoms with Gasteiger partial charge in [-0.3, -0.25) is 0 Å². The third-order valence-corrected chi connectivity index (χ3v) is 3.48. The molecule has 0 unspecified atom stereocenters. The highest BCUT2D eigenvalue weighted by molar-refractivity contribution is 6.38. The number of carbonyl (C=O) groups excluding carboxylic acids is 1. The van der Waals surface area contributed by atoms with E-state index in [9.17, 15) is 14.7 Å². The Balaban J connectivity index is 2.48. The molecular weight excluding hydrogens is 288 g/mol. The van der Waals surface area contributed by atoms with Gasteiger partial charge in [0.25, 0.3) is 0 Å². The van der Waals surface area contributed by atoms with Gasteiger partial charge < -0.3 is 14.6 Å². The molecule has 7 nitrogen and oxygen atoms in total. The first-order valence-corrected chi connectivity index (χ1v) is 6.85. The first-order chi connectivity index (χ1) is 10.4. The van der Waals surface area contributed by atoms with Crippen LogP contribution in [0.2, 0.25) is 0 Å². The lowest BCUT2D eigenvalue weighted by atomic mass is 9.95. The van der Waals surface area contributed by atoms with Gasteiger partial charge in [-0.2, -0.15) is 5.10 Å². The molecule has 118 valence electrons. The summed E-state index contributed by atoms with van der Waals surface area (Å²) in [6.07, 6.45) is -0.0424. The van der Waals surface area contributed by atoms with Gasteiger partial charge >= 0.3 is 11.9 Å². The van der Waals surface area contributed by atoms with Gasteiger partial charge in [0.05, 0.1) is 13.7 Å². The maximum Gasteiger partial charge on any atom is 0.354 e. The van der Waals surface area contributed by atoms with Crippen LogP contribution in [0.4, 0.5) is 5.69 Å². The Morgan fingerprint density at radius 1 is 1.41 bits per heavy atom. The lowest BCUT2D eigenvalue weighted by Crippen LogP contribution is -2.47. The number of hydrogen-bond acceptors (Lipinski definition) is 6. The Morgan fingerprint density at radius 3 is 2.68 bits per heavy atom. The average molecular weight is 306 g/mol. The number of methoxy groups -OCH3 is 1. The van der Waals surface area contributed by atoms with Crippen LogP contribution in [-0.4, -0.2) is 42.0 Å². The number of esters is 1. The van der Waals surface area contributed by atoms with Crippen LogP contribution in [0.1, 0.15) is 20.3 Å². The third-order valence-electron chi connectivity index (χ3n) is 3.48. The van der Waals surface area contributed by atoms with Crippen LogP contribution < -0.4 is 9.75 Å². The van der Waals surface area contributed by atoms with E-state index in [4.69, 9.17) is 9.47 Å². The van der Waals surface area contributed by atoms with Gasteiger partial charge in [0.15, 0.2) is 5.54 Å². The lowest BCUT2D eigenvalue weighted by Gasteiger charge is -2.30. The molecule has 0 saturated heterocycles. The van der Waals surface area contributed by atoms with E-state index < -0.39 is 17.5 Å². The van der Waals surface area contributed by atoms with Crippen molar-refractivity contribution < 1.29 is 24.2 Å². The standard InChI is InChI=1S/C15H18N2O5/c1-4-22-13(18)10-9-15(2,14(19)20)17(16-10)11-7-5-6-8-12(11)21-3/h5-8H,4,9H2,1-3H3,(H,19,20)/t15-/m1/s1. The molecule has 0 aliphatic carbocycles. The van der Waals surface area contributed by atoms with Gasteiger partial charge in [-0.1, -0.05) is 12.1 Å². The SMILES string of the molecule is CCOC(=O)C1=NN(c2ccccc2OC)[C@@](C)(C(=O)O)C1. The van der Waals surface area contributed by atoms with E-state index in [-0.39, 0.29) is 18.7 Å². The smallest absolute Gasteiger partial charge is 0.354 e. The molecule has 1 aromatic rings. The van der Waals surface area contributed by atoms with Crippen molar-refractivity contribution in [3.05, 3.63) is 24.3 Å². The second-order valence-corrected chi connectivity index (χ2v) is 5.01. The van der Waals surface area contributed by atoms with E-state index in [1.54, 1.807) is 31.2 Å². The highest BCUT2D eigenvalue weighted by Gasteiger charge is 2.48. The van der Waals surface area contributed by atoms with E-state index >= 15 is 0 Å². The van der Waals surface area contributed by atoms with E-state index in [1.807, 2.05) is 0 Å². The number of nitrogens with zero attached hydrogens (tertiary/aromatic N) is 2. The predicted octanol–water partition coefficient (Wildman–Crippen LogP) is 1.67. The Morgan fingerprint density at radius 2 is 2.09 bits per heavy atom. The summed E-state index contributed by atoms with van der Waals surface area (Å²) in [4.78, 5) is 23.6. The van der Waals surface area contributed by atoms with Crippen molar-refractivity contribution in [2.75, 3.05) is 18.7 Å². The summed E-state index contributed by atoms with van der Waals surface area (Å²) in [6.45, 7) is 3.40. The molecular formula is C15H18N2O5. The van der Waals surface area contributed by atoms with E-state index in [2.05, 4.69) is 5.10 Å². The third kappa shape index (κ3) is 2.61. The van der Waals surface area contributed by atoms with Gasteiger partial charge in [-0.15, -0.1) is 0 Å². The molecule has 0 fully saturated rings. The molecule has 22 heavy (non-hydrogen) atoms. The fraction of sp³-hybridized carbons (Fsp3) is 0.400. The summed E-state index contributed by atoms with van der Waals surface area (Å²) in [5.41, 5.74) is -0.816. The molecule has 0 radical (unpaired) electrons. The first-order valence-electron chi connectivity index (χ1n) is 6.85. The molecule has 1 heterocycles. The van der Waals surface area contributed by atoms with Crippen LogP contribution in [0, 0.1) is 0 Å². The molecule has 1 aliphatic rings. The Labute approximate surface area is 128 Å². The first kappa shape index (κ1) is 15.8. The maximum atomic E-state index is 11.9. The van der Waals surface area contributed by atoms with Crippen molar-refractivity contribution in [1.29, 1.82) is 0 Å². The molecule has 1 N–H and O–H groups in total. The topological polar surface area (TPSA) is 88.4 Å². The Kier molecular flexibility index (Phi) is 4.35. The molecule has 0 saturated carbocycles. The average Bonchev–Trinajstić information content (AvgIpc) is 2.87. The molecule has 0 spiro atoms. The molecule has 0 amide bonds. The fourth-order valence-electron chi connectivity index (χ4n) is 2.29. The van der Waals surface area contributed by atoms with Gasteiger partial charge in [-0.05, 0) is 26.0 Å². The zero-order chi connectivity index (χ0) is 16.3.